The number of thiophene rings is 1. The van der Waals surface area contributed by atoms with Crippen LogP contribution in [0.1, 0.15) is 4.88 Å². The van der Waals surface area contributed by atoms with E-state index in [1.165, 1.54) is 11.3 Å². The summed E-state index contributed by atoms with van der Waals surface area (Å²) in [6.07, 6.45) is 0. The molecule has 1 aromatic carbocycles. The lowest BCUT2D eigenvalue weighted by atomic mass is 10.2. The number of para-hydroxylation sites is 1. The molecule has 6 heteroatoms. The molecule has 3 aromatic heterocycles. The molecular weight excluding hydrogens is 286 g/mol. The Hall–Kier alpha value is -2.91. The van der Waals surface area contributed by atoms with Gasteiger partial charge in [-0.05, 0) is 24.3 Å². The standard InChI is InChI=1S/C15H7N3O2S/c16-8-10-5-6-13(21-10)15-17-14(18-20-15)12-7-9-3-1-2-4-11(9)19-12/h1-7H. The van der Waals surface area contributed by atoms with Crippen LogP contribution in [0.15, 0.2) is 51.4 Å². The normalized spacial score (nSPS) is 10.8. The third kappa shape index (κ3) is 2.00. The smallest absolute Gasteiger partial charge is 0.268 e. The summed E-state index contributed by atoms with van der Waals surface area (Å²) in [6.45, 7) is 0. The summed E-state index contributed by atoms with van der Waals surface area (Å²) in [4.78, 5) is 5.69. The zero-order valence-corrected chi connectivity index (χ0v) is 11.4. The third-order valence-corrected chi connectivity index (χ3v) is 3.98. The van der Waals surface area contributed by atoms with Gasteiger partial charge >= 0.3 is 0 Å². The van der Waals surface area contributed by atoms with Gasteiger partial charge in [0.2, 0.25) is 5.82 Å². The van der Waals surface area contributed by atoms with E-state index in [1.807, 2.05) is 30.3 Å². The Morgan fingerprint density at radius 1 is 1.14 bits per heavy atom. The summed E-state index contributed by atoms with van der Waals surface area (Å²) in [5.41, 5.74) is 0.779. The number of hydrogen-bond acceptors (Lipinski definition) is 6. The molecule has 3 heterocycles. The zero-order chi connectivity index (χ0) is 14.2. The van der Waals surface area contributed by atoms with Gasteiger partial charge in [-0.3, -0.25) is 0 Å². The van der Waals surface area contributed by atoms with Crippen molar-refractivity contribution in [1.29, 1.82) is 5.26 Å². The molecule has 0 aliphatic rings. The molecule has 0 N–H and O–H groups in total. The van der Waals surface area contributed by atoms with Gasteiger partial charge in [0, 0.05) is 5.39 Å². The molecule has 0 radical (unpaired) electrons. The van der Waals surface area contributed by atoms with E-state index >= 15 is 0 Å². The lowest BCUT2D eigenvalue weighted by molar-refractivity contribution is 0.431. The van der Waals surface area contributed by atoms with E-state index in [0.29, 0.717) is 22.4 Å². The van der Waals surface area contributed by atoms with Crippen molar-refractivity contribution in [3.8, 4) is 28.4 Å². The zero-order valence-electron chi connectivity index (χ0n) is 10.6. The van der Waals surface area contributed by atoms with Crippen LogP contribution in [0.2, 0.25) is 0 Å². The summed E-state index contributed by atoms with van der Waals surface area (Å²) in [7, 11) is 0. The number of rotatable bonds is 2. The second-order valence-corrected chi connectivity index (χ2v) is 5.43. The van der Waals surface area contributed by atoms with Gasteiger partial charge in [0.05, 0.1) is 4.88 Å². The molecule has 4 aromatic rings. The highest BCUT2D eigenvalue weighted by Crippen LogP contribution is 2.30. The van der Waals surface area contributed by atoms with Crippen LogP contribution in [-0.4, -0.2) is 10.1 Å². The maximum Gasteiger partial charge on any atom is 0.268 e. The highest BCUT2D eigenvalue weighted by molar-refractivity contribution is 7.15. The van der Waals surface area contributed by atoms with E-state index in [-0.39, 0.29) is 0 Å². The fourth-order valence-electron chi connectivity index (χ4n) is 2.03. The Bertz CT molecular complexity index is 941. The van der Waals surface area contributed by atoms with Crippen LogP contribution in [-0.2, 0) is 0 Å². The van der Waals surface area contributed by atoms with Crippen molar-refractivity contribution in [3.05, 3.63) is 47.3 Å². The number of fused-ring (bicyclic) bond motifs is 1. The predicted molar refractivity (Wildman–Crippen MR) is 77.5 cm³/mol. The van der Waals surface area contributed by atoms with Crippen molar-refractivity contribution < 1.29 is 8.94 Å². The van der Waals surface area contributed by atoms with E-state index in [1.54, 1.807) is 12.1 Å². The van der Waals surface area contributed by atoms with Crippen LogP contribution in [0.5, 0.6) is 0 Å². The molecule has 0 aliphatic carbocycles. The Balaban J connectivity index is 1.75. The SMILES string of the molecule is N#Cc1ccc(-c2nc(-c3cc4ccccc4o3)no2)s1. The number of benzene rings is 1. The Morgan fingerprint density at radius 3 is 2.86 bits per heavy atom. The first-order valence-corrected chi connectivity index (χ1v) is 6.98. The average Bonchev–Trinajstić information content (AvgIpc) is 3.24. The lowest BCUT2D eigenvalue weighted by Gasteiger charge is -1.85. The maximum atomic E-state index is 8.84. The van der Waals surface area contributed by atoms with Crippen LogP contribution in [0.3, 0.4) is 0 Å². The minimum absolute atomic E-state index is 0.386. The molecule has 4 rings (SSSR count). The van der Waals surface area contributed by atoms with Crippen LogP contribution < -0.4 is 0 Å². The molecule has 0 unspecified atom stereocenters. The van der Waals surface area contributed by atoms with E-state index < -0.39 is 0 Å². The van der Waals surface area contributed by atoms with Crippen molar-refractivity contribution in [3.63, 3.8) is 0 Å². The molecule has 5 nitrogen and oxygen atoms in total. The molecule has 0 bridgehead atoms. The van der Waals surface area contributed by atoms with Crippen LogP contribution >= 0.6 is 11.3 Å². The van der Waals surface area contributed by atoms with Gasteiger partial charge < -0.3 is 8.94 Å². The van der Waals surface area contributed by atoms with Crippen LogP contribution in [0.25, 0.3) is 33.3 Å². The molecule has 0 spiro atoms. The van der Waals surface area contributed by atoms with Crippen molar-refractivity contribution in [2.75, 3.05) is 0 Å². The first kappa shape index (κ1) is 11.9. The van der Waals surface area contributed by atoms with Crippen molar-refractivity contribution >= 4 is 22.3 Å². The molecule has 0 fully saturated rings. The van der Waals surface area contributed by atoms with Gasteiger partial charge in [-0.1, -0.05) is 23.4 Å². The Kier molecular flexibility index (Phi) is 2.59. The van der Waals surface area contributed by atoms with Crippen LogP contribution in [0.4, 0.5) is 0 Å². The van der Waals surface area contributed by atoms with E-state index in [9.17, 15) is 0 Å². The van der Waals surface area contributed by atoms with Crippen molar-refractivity contribution in [2.24, 2.45) is 0 Å². The van der Waals surface area contributed by atoms with Gasteiger partial charge in [-0.2, -0.15) is 10.2 Å². The average molecular weight is 293 g/mol. The van der Waals surface area contributed by atoms with Crippen molar-refractivity contribution in [2.45, 2.75) is 0 Å². The molecule has 100 valence electrons. The molecule has 0 aliphatic heterocycles. The maximum absolute atomic E-state index is 8.84. The van der Waals surface area contributed by atoms with E-state index in [4.69, 9.17) is 14.2 Å². The number of furan rings is 1. The van der Waals surface area contributed by atoms with Gasteiger partial charge in [0.1, 0.15) is 16.5 Å². The second-order valence-electron chi connectivity index (χ2n) is 4.35. The van der Waals surface area contributed by atoms with E-state index in [2.05, 4.69) is 16.2 Å². The number of nitrogens with zero attached hydrogens (tertiary/aromatic N) is 3. The second kappa shape index (κ2) is 4.58. The van der Waals surface area contributed by atoms with Crippen LogP contribution in [0, 0.1) is 11.3 Å². The van der Waals surface area contributed by atoms with Gasteiger partial charge in [-0.25, -0.2) is 0 Å². The summed E-state index contributed by atoms with van der Waals surface area (Å²) in [6, 6.07) is 15.2. The fraction of sp³-hybridized carbons (Fsp3) is 0. The number of aromatic nitrogens is 2. The summed E-state index contributed by atoms with van der Waals surface area (Å²) in [5, 5.41) is 13.8. The molecule has 0 atom stereocenters. The number of nitriles is 1. The van der Waals surface area contributed by atoms with Gasteiger partial charge in [0.15, 0.2) is 5.76 Å². The molecular formula is C15H7N3O2S. The van der Waals surface area contributed by atoms with E-state index in [0.717, 1.165) is 15.8 Å². The van der Waals surface area contributed by atoms with Gasteiger partial charge in [-0.15, -0.1) is 11.3 Å². The minimum Gasteiger partial charge on any atom is -0.453 e. The Morgan fingerprint density at radius 2 is 2.05 bits per heavy atom. The predicted octanol–water partition coefficient (Wildman–Crippen LogP) is 4.08. The fourth-order valence-corrected chi connectivity index (χ4v) is 2.75. The lowest BCUT2D eigenvalue weighted by Crippen LogP contribution is -1.75. The molecule has 0 saturated carbocycles. The Labute approximate surface area is 123 Å². The number of hydrogen-bond donors (Lipinski definition) is 0. The highest BCUT2D eigenvalue weighted by atomic mass is 32.1. The summed E-state index contributed by atoms with van der Waals surface area (Å²) < 4.78 is 10.9. The summed E-state index contributed by atoms with van der Waals surface area (Å²) >= 11 is 1.31. The summed E-state index contributed by atoms with van der Waals surface area (Å²) in [5.74, 6) is 1.34. The van der Waals surface area contributed by atoms with Crippen molar-refractivity contribution in [1.82, 2.24) is 10.1 Å². The quantitative estimate of drug-likeness (QED) is 0.556. The van der Waals surface area contributed by atoms with Gasteiger partial charge in [0.25, 0.3) is 5.89 Å². The topological polar surface area (TPSA) is 75.8 Å². The largest absolute Gasteiger partial charge is 0.453 e. The first-order valence-electron chi connectivity index (χ1n) is 6.16. The molecule has 0 saturated heterocycles. The first-order chi connectivity index (χ1) is 10.3. The minimum atomic E-state index is 0.386. The molecule has 0 amide bonds. The highest BCUT2D eigenvalue weighted by Gasteiger charge is 2.15. The molecule has 21 heavy (non-hydrogen) atoms. The third-order valence-electron chi connectivity index (χ3n) is 3.00. The monoisotopic (exact) mass is 293 g/mol.